The second kappa shape index (κ2) is 10.0. The van der Waals surface area contributed by atoms with Gasteiger partial charge < -0.3 is 19.9 Å². The van der Waals surface area contributed by atoms with Crippen LogP contribution < -0.4 is 19.9 Å². The zero-order chi connectivity index (χ0) is 23.2. The van der Waals surface area contributed by atoms with Crippen molar-refractivity contribution < 1.29 is 9.53 Å². The molecule has 1 aliphatic rings. The van der Waals surface area contributed by atoms with E-state index in [1.165, 1.54) is 12.0 Å². The maximum atomic E-state index is 12.7. The van der Waals surface area contributed by atoms with Crippen molar-refractivity contribution in [3.63, 3.8) is 0 Å². The fourth-order valence-corrected chi connectivity index (χ4v) is 3.91. The van der Waals surface area contributed by atoms with E-state index in [4.69, 9.17) is 4.74 Å². The molecule has 1 saturated heterocycles. The number of hydrogen-bond acceptors (Lipinski definition) is 6. The maximum Gasteiger partial charge on any atom is 0.256 e. The number of benzene rings is 3. The van der Waals surface area contributed by atoms with Crippen molar-refractivity contribution in [2.75, 3.05) is 41.3 Å². The highest BCUT2D eigenvalue weighted by atomic mass is 16.5. The van der Waals surface area contributed by atoms with Gasteiger partial charge >= 0.3 is 0 Å². The van der Waals surface area contributed by atoms with Crippen molar-refractivity contribution in [1.82, 2.24) is 9.97 Å². The Morgan fingerprint density at radius 3 is 2.06 bits per heavy atom. The van der Waals surface area contributed by atoms with E-state index in [1.54, 1.807) is 24.3 Å². The highest BCUT2D eigenvalue weighted by Crippen LogP contribution is 2.23. The number of ether oxygens (including phenoxy) is 1. The van der Waals surface area contributed by atoms with Gasteiger partial charge in [-0.2, -0.15) is 0 Å². The van der Waals surface area contributed by atoms with Gasteiger partial charge in [0, 0.05) is 43.5 Å². The molecule has 1 amide bonds. The van der Waals surface area contributed by atoms with Crippen LogP contribution in [-0.4, -0.2) is 42.1 Å². The molecule has 1 N–H and O–H groups in total. The van der Waals surface area contributed by atoms with Crippen LogP contribution in [0.5, 0.6) is 11.5 Å². The summed E-state index contributed by atoms with van der Waals surface area (Å²) in [5.74, 6) is 2.47. The number of rotatable bonds is 6. The number of piperazine rings is 1. The van der Waals surface area contributed by atoms with E-state index < -0.39 is 0 Å². The first kappa shape index (κ1) is 21.5. The first-order chi connectivity index (χ1) is 16.7. The van der Waals surface area contributed by atoms with E-state index in [1.807, 2.05) is 42.5 Å². The molecule has 0 spiro atoms. The predicted octanol–water partition coefficient (Wildman–Crippen LogP) is 4.85. The largest absolute Gasteiger partial charge is 0.457 e. The van der Waals surface area contributed by atoms with Gasteiger partial charge in [-0.15, -0.1) is 0 Å². The van der Waals surface area contributed by atoms with Crippen LogP contribution in [0.15, 0.2) is 97.3 Å². The average molecular weight is 452 g/mol. The highest BCUT2D eigenvalue weighted by Gasteiger charge is 2.19. The van der Waals surface area contributed by atoms with Gasteiger partial charge in [0.2, 0.25) is 0 Å². The molecule has 1 fully saturated rings. The fourth-order valence-electron chi connectivity index (χ4n) is 3.91. The second-order valence-electron chi connectivity index (χ2n) is 7.96. The zero-order valence-corrected chi connectivity index (χ0v) is 18.7. The molecule has 3 aromatic carbocycles. The van der Waals surface area contributed by atoms with Gasteiger partial charge in [0.15, 0.2) is 0 Å². The molecule has 4 aromatic rings. The summed E-state index contributed by atoms with van der Waals surface area (Å²) < 4.78 is 5.79. The van der Waals surface area contributed by atoms with Crippen LogP contribution in [0.3, 0.4) is 0 Å². The topological polar surface area (TPSA) is 70.6 Å². The minimum absolute atomic E-state index is 0.232. The Balaban J connectivity index is 1.19. The summed E-state index contributed by atoms with van der Waals surface area (Å²) in [6.07, 6.45) is 1.49. The summed E-state index contributed by atoms with van der Waals surface area (Å²) in [7, 11) is 0. The summed E-state index contributed by atoms with van der Waals surface area (Å²) in [6, 6.07) is 28.8. The first-order valence-electron chi connectivity index (χ1n) is 11.3. The number of anilines is 3. The van der Waals surface area contributed by atoms with Crippen LogP contribution >= 0.6 is 0 Å². The number of hydrogen-bond donors (Lipinski definition) is 1. The lowest BCUT2D eigenvalue weighted by atomic mass is 10.2. The van der Waals surface area contributed by atoms with E-state index in [9.17, 15) is 4.79 Å². The minimum atomic E-state index is -0.232. The summed E-state index contributed by atoms with van der Waals surface area (Å²) >= 11 is 0. The molecule has 34 heavy (non-hydrogen) atoms. The van der Waals surface area contributed by atoms with Crippen molar-refractivity contribution in [2.45, 2.75) is 0 Å². The van der Waals surface area contributed by atoms with E-state index in [0.717, 1.165) is 37.7 Å². The van der Waals surface area contributed by atoms with Gasteiger partial charge in [0.25, 0.3) is 5.91 Å². The maximum absolute atomic E-state index is 12.7. The normalized spacial score (nSPS) is 13.4. The van der Waals surface area contributed by atoms with Gasteiger partial charge in [-0.05, 0) is 48.5 Å². The summed E-state index contributed by atoms with van der Waals surface area (Å²) in [5.41, 5.74) is 1.76. The Labute approximate surface area is 198 Å². The number of aromatic nitrogens is 2. The summed E-state index contributed by atoms with van der Waals surface area (Å²) in [4.78, 5) is 26.0. The van der Waals surface area contributed by atoms with Crippen LogP contribution in [0.1, 0.15) is 10.4 Å². The molecule has 2 heterocycles. The Morgan fingerprint density at radius 1 is 0.735 bits per heavy atom. The predicted molar refractivity (Wildman–Crippen MR) is 134 cm³/mol. The third kappa shape index (κ3) is 5.15. The van der Waals surface area contributed by atoms with Crippen molar-refractivity contribution >= 4 is 23.2 Å². The van der Waals surface area contributed by atoms with Crippen molar-refractivity contribution in [2.24, 2.45) is 0 Å². The molecule has 0 radical (unpaired) electrons. The molecule has 0 bridgehead atoms. The van der Waals surface area contributed by atoms with Gasteiger partial charge in [-0.3, -0.25) is 4.79 Å². The lowest BCUT2D eigenvalue weighted by molar-refractivity contribution is 0.102. The highest BCUT2D eigenvalue weighted by molar-refractivity contribution is 6.03. The molecule has 7 heteroatoms. The van der Waals surface area contributed by atoms with Crippen LogP contribution in [0.4, 0.5) is 17.3 Å². The SMILES string of the molecule is O=C(Nc1cc(N2CCN(c3ccccc3)CC2)ncn1)c1ccc(Oc2ccccc2)cc1. The third-order valence-electron chi connectivity index (χ3n) is 5.71. The quantitative estimate of drug-likeness (QED) is 0.452. The standard InChI is InChI=1S/C27H25N5O2/c33-27(21-11-13-24(14-12-21)34-23-9-5-2-6-10-23)30-25-19-26(29-20-28-25)32-17-15-31(16-18-32)22-7-3-1-4-8-22/h1-14,19-20H,15-18H2,(H,28,29,30,33). The second-order valence-corrected chi connectivity index (χ2v) is 7.96. The Bertz CT molecular complexity index is 1220. The van der Waals surface area contributed by atoms with E-state index >= 15 is 0 Å². The molecular weight excluding hydrogens is 426 g/mol. The van der Waals surface area contributed by atoms with Crippen LogP contribution in [0.2, 0.25) is 0 Å². The van der Waals surface area contributed by atoms with Gasteiger partial charge in [-0.25, -0.2) is 9.97 Å². The van der Waals surface area contributed by atoms with E-state index in [0.29, 0.717) is 17.1 Å². The molecule has 5 rings (SSSR count). The van der Waals surface area contributed by atoms with Crippen molar-refractivity contribution in [1.29, 1.82) is 0 Å². The van der Waals surface area contributed by atoms with E-state index in [-0.39, 0.29) is 5.91 Å². The molecular formula is C27H25N5O2. The van der Waals surface area contributed by atoms with Gasteiger partial charge in [-0.1, -0.05) is 36.4 Å². The molecule has 7 nitrogen and oxygen atoms in total. The number of amides is 1. The number of para-hydroxylation sites is 2. The minimum Gasteiger partial charge on any atom is -0.457 e. The Hall–Kier alpha value is -4.39. The molecule has 0 unspecified atom stereocenters. The number of carbonyl (C=O) groups is 1. The van der Waals surface area contributed by atoms with Crippen LogP contribution in [0, 0.1) is 0 Å². The number of nitrogens with one attached hydrogen (secondary N) is 1. The molecule has 0 aliphatic carbocycles. The molecule has 1 aromatic heterocycles. The van der Waals surface area contributed by atoms with Crippen LogP contribution in [-0.2, 0) is 0 Å². The molecule has 0 atom stereocenters. The smallest absolute Gasteiger partial charge is 0.256 e. The van der Waals surface area contributed by atoms with Crippen LogP contribution in [0.25, 0.3) is 0 Å². The average Bonchev–Trinajstić information content (AvgIpc) is 2.90. The molecule has 0 saturated carbocycles. The number of nitrogens with zero attached hydrogens (tertiary/aromatic N) is 4. The number of carbonyl (C=O) groups excluding carboxylic acids is 1. The zero-order valence-electron chi connectivity index (χ0n) is 18.7. The molecule has 1 aliphatic heterocycles. The monoisotopic (exact) mass is 451 g/mol. The third-order valence-corrected chi connectivity index (χ3v) is 5.71. The van der Waals surface area contributed by atoms with E-state index in [2.05, 4.69) is 49.4 Å². The lowest BCUT2D eigenvalue weighted by Gasteiger charge is -2.36. The van der Waals surface area contributed by atoms with Crippen molar-refractivity contribution in [3.05, 3.63) is 103 Å². The summed E-state index contributed by atoms with van der Waals surface area (Å²) in [6.45, 7) is 3.52. The lowest BCUT2D eigenvalue weighted by Crippen LogP contribution is -2.46. The Kier molecular flexibility index (Phi) is 6.34. The van der Waals surface area contributed by atoms with Gasteiger partial charge in [0.05, 0.1) is 0 Å². The van der Waals surface area contributed by atoms with Gasteiger partial charge in [0.1, 0.15) is 29.5 Å². The van der Waals surface area contributed by atoms with Crippen molar-refractivity contribution in [3.8, 4) is 11.5 Å². The Morgan fingerprint density at radius 2 is 1.35 bits per heavy atom. The summed E-state index contributed by atoms with van der Waals surface area (Å²) in [5, 5.41) is 2.87. The first-order valence-corrected chi connectivity index (χ1v) is 11.3. The molecule has 170 valence electrons. The fraction of sp³-hybridized carbons (Fsp3) is 0.148.